The lowest BCUT2D eigenvalue weighted by molar-refractivity contribution is 0.0811. The smallest absolute Gasteiger partial charge is 0.130 e. The summed E-state index contributed by atoms with van der Waals surface area (Å²) in [5.41, 5.74) is 0.0370. The van der Waals surface area contributed by atoms with E-state index in [4.69, 9.17) is 0 Å². The van der Waals surface area contributed by atoms with Crippen molar-refractivity contribution in [1.82, 2.24) is 0 Å². The Morgan fingerprint density at radius 1 is 1.20 bits per heavy atom. The molecule has 1 aromatic rings. The molecule has 0 heterocycles. The van der Waals surface area contributed by atoms with Gasteiger partial charge in [0.1, 0.15) is 5.75 Å². The second-order valence-corrected chi connectivity index (χ2v) is 7.26. The summed E-state index contributed by atoms with van der Waals surface area (Å²) in [6.45, 7) is 9.28. The molecule has 134 valence electrons. The van der Waals surface area contributed by atoms with Crippen LogP contribution in [0.1, 0.15) is 32.4 Å². The number of aliphatic hydroxyl groups excluding tert-OH is 2. The lowest BCUT2D eigenvalue weighted by Crippen LogP contribution is -2.19. The van der Waals surface area contributed by atoms with Crippen LogP contribution in [0.4, 0.5) is 0 Å². The number of allylic oxidation sites excluding steroid dienone is 2. The maximum atomic E-state index is 10.6. The van der Waals surface area contributed by atoms with Gasteiger partial charge in [-0.2, -0.15) is 0 Å². The van der Waals surface area contributed by atoms with E-state index in [0.717, 1.165) is 0 Å². The molecule has 0 aliphatic heterocycles. The average Bonchev–Trinajstić information content (AvgIpc) is 2.58. The van der Waals surface area contributed by atoms with Gasteiger partial charge in [0.15, 0.2) is 0 Å². The molecule has 0 fully saturated rings. The predicted octanol–water partition coefficient (Wildman–Crippen LogP) is 4.51. The van der Waals surface area contributed by atoms with Crippen LogP contribution in [0.5, 0.6) is 5.75 Å². The third-order valence-corrected chi connectivity index (χ3v) is 4.84. The van der Waals surface area contributed by atoms with Gasteiger partial charge in [-0.15, -0.1) is 6.58 Å². The van der Waals surface area contributed by atoms with E-state index in [1.165, 1.54) is 0 Å². The molecule has 4 heteroatoms. The Kier molecular flexibility index (Phi) is 8.18. The Labute approximate surface area is 158 Å². The lowest BCUT2D eigenvalue weighted by Gasteiger charge is -2.28. The number of halogens is 1. The fourth-order valence-corrected chi connectivity index (χ4v) is 2.54. The number of phenolic OH excluding ortho intramolecular Hbond substituents is 1. The molecule has 25 heavy (non-hydrogen) atoms. The number of benzene rings is 1. The van der Waals surface area contributed by atoms with Crippen LogP contribution in [0.15, 0.2) is 59.6 Å². The molecule has 3 nitrogen and oxygen atoms in total. The van der Waals surface area contributed by atoms with Crippen molar-refractivity contribution in [3.8, 4) is 17.6 Å². The molecule has 0 aliphatic rings. The SMILES string of the molecule is C=C[C@H](C)[C@@H](O)/C=C/C#C/C=C/C(C)(C)[C@@H](O)c1cccc(O)c1Br. The topological polar surface area (TPSA) is 60.7 Å². The first-order valence-corrected chi connectivity index (χ1v) is 8.81. The third-order valence-electron chi connectivity index (χ3n) is 3.97. The minimum absolute atomic E-state index is 0.0246. The fraction of sp³-hybridized carbons (Fsp3) is 0.333. The zero-order chi connectivity index (χ0) is 19.0. The van der Waals surface area contributed by atoms with Crippen molar-refractivity contribution in [3.63, 3.8) is 0 Å². The second-order valence-electron chi connectivity index (χ2n) is 6.47. The number of hydrogen-bond donors (Lipinski definition) is 3. The van der Waals surface area contributed by atoms with Crippen LogP contribution >= 0.6 is 15.9 Å². The van der Waals surface area contributed by atoms with Gasteiger partial charge in [0.2, 0.25) is 0 Å². The van der Waals surface area contributed by atoms with Gasteiger partial charge >= 0.3 is 0 Å². The highest BCUT2D eigenvalue weighted by Gasteiger charge is 2.28. The van der Waals surface area contributed by atoms with Crippen LogP contribution in [0.3, 0.4) is 0 Å². The zero-order valence-corrected chi connectivity index (χ0v) is 16.4. The lowest BCUT2D eigenvalue weighted by atomic mass is 9.82. The molecule has 0 amide bonds. The first kappa shape index (κ1) is 21.2. The van der Waals surface area contributed by atoms with Crippen LogP contribution in [0.25, 0.3) is 0 Å². The van der Waals surface area contributed by atoms with Gasteiger partial charge in [-0.3, -0.25) is 0 Å². The third kappa shape index (κ3) is 6.21. The molecule has 3 atom stereocenters. The Hall–Kier alpha value is -1.80. The normalized spacial score (nSPS) is 15.6. The molecule has 0 radical (unpaired) electrons. The van der Waals surface area contributed by atoms with E-state index >= 15 is 0 Å². The monoisotopic (exact) mass is 404 g/mol. The largest absolute Gasteiger partial charge is 0.507 e. The molecule has 1 rings (SSSR count). The van der Waals surface area contributed by atoms with Crippen LogP contribution in [-0.4, -0.2) is 21.4 Å². The van der Waals surface area contributed by atoms with E-state index in [0.29, 0.717) is 10.0 Å². The summed E-state index contributed by atoms with van der Waals surface area (Å²) in [6.07, 6.45) is 6.99. The molecule has 0 bridgehead atoms. The summed E-state index contributed by atoms with van der Waals surface area (Å²) < 4.78 is 0.489. The highest BCUT2D eigenvalue weighted by atomic mass is 79.9. The summed E-state index contributed by atoms with van der Waals surface area (Å²) in [5.74, 6) is 5.75. The highest BCUT2D eigenvalue weighted by Crippen LogP contribution is 2.40. The molecule has 0 saturated carbocycles. The first-order valence-electron chi connectivity index (χ1n) is 8.02. The Morgan fingerprint density at radius 3 is 2.48 bits per heavy atom. The number of rotatable bonds is 6. The van der Waals surface area contributed by atoms with Gasteiger partial charge < -0.3 is 15.3 Å². The van der Waals surface area contributed by atoms with Gasteiger partial charge in [-0.25, -0.2) is 0 Å². The van der Waals surface area contributed by atoms with Crippen molar-refractivity contribution in [2.75, 3.05) is 0 Å². The van der Waals surface area contributed by atoms with Crippen molar-refractivity contribution in [1.29, 1.82) is 0 Å². The minimum atomic E-state index is -0.808. The van der Waals surface area contributed by atoms with Crippen LogP contribution in [-0.2, 0) is 0 Å². The summed E-state index contributed by atoms with van der Waals surface area (Å²) in [7, 11) is 0. The Bertz CT molecular complexity index is 708. The van der Waals surface area contributed by atoms with Crippen molar-refractivity contribution < 1.29 is 15.3 Å². The molecule has 0 aliphatic carbocycles. The van der Waals surface area contributed by atoms with Crippen LogP contribution < -0.4 is 0 Å². The standard InChI is InChI=1S/C21H25BrO3/c1-5-15(2)17(23)12-8-6-7-9-14-21(3,4)20(25)16-11-10-13-18(24)19(16)22/h5,8-15,17,20,23-25H,1H2,2-4H3/b12-8+,14-9+/t15-,17-,20-/m0/s1. The number of aliphatic hydroxyl groups is 2. The van der Waals surface area contributed by atoms with E-state index in [9.17, 15) is 15.3 Å². The van der Waals surface area contributed by atoms with E-state index in [-0.39, 0.29) is 11.7 Å². The van der Waals surface area contributed by atoms with Crippen molar-refractivity contribution in [3.05, 3.63) is 65.2 Å². The number of phenols is 1. The highest BCUT2D eigenvalue weighted by molar-refractivity contribution is 9.10. The molecular formula is C21H25BrO3. The van der Waals surface area contributed by atoms with E-state index in [2.05, 4.69) is 34.3 Å². The molecule has 3 N–H and O–H groups in total. The van der Waals surface area contributed by atoms with Gasteiger partial charge in [0.25, 0.3) is 0 Å². The first-order chi connectivity index (χ1) is 11.7. The quantitative estimate of drug-likeness (QED) is 0.482. The minimum Gasteiger partial charge on any atom is -0.507 e. The molecule has 0 saturated heterocycles. The summed E-state index contributed by atoms with van der Waals surface area (Å²) in [5, 5.41) is 30.1. The Morgan fingerprint density at radius 2 is 1.84 bits per heavy atom. The average molecular weight is 405 g/mol. The molecule has 0 aromatic heterocycles. The second kappa shape index (κ2) is 9.62. The zero-order valence-electron chi connectivity index (χ0n) is 14.8. The molecule has 1 aromatic carbocycles. The summed E-state index contributed by atoms with van der Waals surface area (Å²) in [4.78, 5) is 0. The number of aromatic hydroxyl groups is 1. The van der Waals surface area contributed by atoms with E-state index in [1.807, 2.05) is 26.8 Å². The molecule has 0 spiro atoms. The van der Waals surface area contributed by atoms with Crippen molar-refractivity contribution in [2.24, 2.45) is 11.3 Å². The van der Waals surface area contributed by atoms with Crippen LogP contribution in [0.2, 0.25) is 0 Å². The van der Waals surface area contributed by atoms with Gasteiger partial charge in [-0.05, 0) is 45.8 Å². The molecular weight excluding hydrogens is 380 g/mol. The Balaban J connectivity index is 2.79. The summed E-state index contributed by atoms with van der Waals surface area (Å²) >= 11 is 3.30. The van der Waals surface area contributed by atoms with E-state index in [1.54, 1.807) is 42.5 Å². The van der Waals surface area contributed by atoms with Gasteiger partial charge in [0.05, 0.1) is 16.7 Å². The maximum Gasteiger partial charge on any atom is 0.130 e. The van der Waals surface area contributed by atoms with E-state index < -0.39 is 17.6 Å². The van der Waals surface area contributed by atoms with Gasteiger partial charge in [0, 0.05) is 11.3 Å². The predicted molar refractivity (Wildman–Crippen MR) is 106 cm³/mol. The van der Waals surface area contributed by atoms with Crippen LogP contribution in [0, 0.1) is 23.2 Å². The number of hydrogen-bond acceptors (Lipinski definition) is 3. The summed E-state index contributed by atoms with van der Waals surface area (Å²) in [6, 6.07) is 5.02. The molecule has 0 unspecified atom stereocenters. The van der Waals surface area contributed by atoms with Crippen molar-refractivity contribution >= 4 is 15.9 Å². The fourth-order valence-electron chi connectivity index (χ4n) is 2.05. The van der Waals surface area contributed by atoms with Gasteiger partial charge in [-0.1, -0.05) is 56.9 Å². The maximum absolute atomic E-state index is 10.6. The van der Waals surface area contributed by atoms with Crippen molar-refractivity contribution in [2.45, 2.75) is 33.0 Å².